The maximum Gasteiger partial charge on any atom is 0.262 e. The molecule has 4 nitrogen and oxygen atoms in total. The van der Waals surface area contributed by atoms with Crippen molar-refractivity contribution in [2.45, 2.75) is 0 Å². The summed E-state index contributed by atoms with van der Waals surface area (Å²) in [7, 11) is 0. The first-order chi connectivity index (χ1) is 9.13. The minimum Gasteiger partial charge on any atom is -0.484 e. The van der Waals surface area contributed by atoms with E-state index in [-0.39, 0.29) is 18.3 Å². The zero-order chi connectivity index (χ0) is 13.7. The Hall–Kier alpha value is -2.56. The topological polar surface area (TPSA) is 64.3 Å². The van der Waals surface area contributed by atoms with Crippen LogP contribution < -0.4 is 15.8 Å². The van der Waals surface area contributed by atoms with Crippen LogP contribution in [0.5, 0.6) is 5.75 Å². The molecule has 3 N–H and O–H groups in total. The van der Waals surface area contributed by atoms with E-state index in [0.717, 1.165) is 0 Å². The predicted molar refractivity (Wildman–Crippen MR) is 71.4 cm³/mol. The molecule has 0 unspecified atom stereocenters. The van der Waals surface area contributed by atoms with Gasteiger partial charge in [-0.15, -0.1) is 0 Å². The summed E-state index contributed by atoms with van der Waals surface area (Å²) in [6, 6.07) is 12.3. The predicted octanol–water partition coefficient (Wildman–Crippen LogP) is 2.43. The molecule has 0 bridgehead atoms. The van der Waals surface area contributed by atoms with Crippen molar-refractivity contribution in [1.82, 2.24) is 0 Å². The maximum absolute atomic E-state index is 12.7. The van der Waals surface area contributed by atoms with Gasteiger partial charge in [0.25, 0.3) is 5.91 Å². The van der Waals surface area contributed by atoms with Crippen molar-refractivity contribution in [3.8, 4) is 5.75 Å². The van der Waals surface area contributed by atoms with Crippen LogP contribution >= 0.6 is 0 Å². The highest BCUT2D eigenvalue weighted by Gasteiger charge is 2.04. The highest BCUT2D eigenvalue weighted by Crippen LogP contribution is 2.14. The number of carbonyl (C=O) groups is 1. The van der Waals surface area contributed by atoms with Crippen LogP contribution in [0.15, 0.2) is 48.5 Å². The van der Waals surface area contributed by atoms with Gasteiger partial charge in [0.2, 0.25) is 0 Å². The molecule has 0 aromatic heterocycles. The number of rotatable bonds is 4. The van der Waals surface area contributed by atoms with Crippen molar-refractivity contribution in [2.75, 3.05) is 17.7 Å². The van der Waals surface area contributed by atoms with Crippen molar-refractivity contribution >= 4 is 17.3 Å². The molecular weight excluding hydrogens is 247 g/mol. The largest absolute Gasteiger partial charge is 0.484 e. The van der Waals surface area contributed by atoms with E-state index in [9.17, 15) is 9.18 Å². The minimum atomic E-state index is -0.353. The van der Waals surface area contributed by atoms with Gasteiger partial charge in [-0.05, 0) is 36.4 Å². The lowest BCUT2D eigenvalue weighted by Gasteiger charge is -2.07. The van der Waals surface area contributed by atoms with Gasteiger partial charge in [0.15, 0.2) is 6.61 Å². The van der Waals surface area contributed by atoms with E-state index >= 15 is 0 Å². The lowest BCUT2D eigenvalue weighted by Crippen LogP contribution is -2.20. The zero-order valence-electron chi connectivity index (χ0n) is 10.1. The van der Waals surface area contributed by atoms with Gasteiger partial charge in [-0.2, -0.15) is 0 Å². The third kappa shape index (κ3) is 3.99. The Balaban J connectivity index is 1.86. The molecule has 0 spiro atoms. The number of ether oxygens (including phenoxy) is 1. The van der Waals surface area contributed by atoms with Crippen molar-refractivity contribution < 1.29 is 13.9 Å². The Kier molecular flexibility index (Phi) is 3.97. The number of halogens is 1. The van der Waals surface area contributed by atoms with E-state index in [1.54, 1.807) is 24.3 Å². The van der Waals surface area contributed by atoms with Gasteiger partial charge in [-0.25, -0.2) is 4.39 Å². The van der Waals surface area contributed by atoms with Gasteiger partial charge in [0.1, 0.15) is 11.6 Å². The van der Waals surface area contributed by atoms with Gasteiger partial charge in [0, 0.05) is 17.4 Å². The summed E-state index contributed by atoms with van der Waals surface area (Å²) in [5, 5.41) is 2.59. The van der Waals surface area contributed by atoms with Crippen LogP contribution in [0.4, 0.5) is 15.8 Å². The van der Waals surface area contributed by atoms with Crippen LogP contribution in [0, 0.1) is 5.82 Å². The van der Waals surface area contributed by atoms with Gasteiger partial charge >= 0.3 is 0 Å². The Labute approximate surface area is 110 Å². The fourth-order valence-electron chi connectivity index (χ4n) is 1.48. The Bertz CT molecular complexity index is 570. The van der Waals surface area contributed by atoms with E-state index in [1.807, 2.05) is 0 Å². The number of nitrogens with one attached hydrogen (secondary N) is 1. The van der Waals surface area contributed by atoms with Crippen LogP contribution in [0.1, 0.15) is 0 Å². The Morgan fingerprint density at radius 2 is 1.95 bits per heavy atom. The second-order valence-corrected chi connectivity index (χ2v) is 3.92. The Morgan fingerprint density at radius 1 is 1.21 bits per heavy atom. The Morgan fingerprint density at radius 3 is 2.63 bits per heavy atom. The van der Waals surface area contributed by atoms with Crippen molar-refractivity contribution in [1.29, 1.82) is 0 Å². The first-order valence-corrected chi connectivity index (χ1v) is 5.67. The van der Waals surface area contributed by atoms with Crippen molar-refractivity contribution in [2.24, 2.45) is 0 Å². The highest BCUT2D eigenvalue weighted by atomic mass is 19.1. The molecule has 2 aromatic rings. The van der Waals surface area contributed by atoms with Gasteiger partial charge in [-0.3, -0.25) is 4.79 Å². The third-order valence-corrected chi connectivity index (χ3v) is 2.36. The molecule has 98 valence electrons. The molecule has 1 amide bonds. The number of anilines is 2. The molecule has 2 rings (SSSR count). The van der Waals surface area contributed by atoms with Crippen LogP contribution in [-0.2, 0) is 4.79 Å². The summed E-state index contributed by atoms with van der Waals surface area (Å²) in [6.45, 7) is -0.138. The molecule has 0 radical (unpaired) electrons. The maximum atomic E-state index is 12.7. The molecule has 0 aliphatic heterocycles. The second kappa shape index (κ2) is 5.86. The number of nitrogens with two attached hydrogens (primary N) is 1. The average Bonchev–Trinajstić information content (AvgIpc) is 2.39. The number of hydrogen-bond acceptors (Lipinski definition) is 3. The molecule has 0 aliphatic rings. The SMILES string of the molecule is Nc1cccc(OCC(=O)Nc2ccc(F)cc2)c1. The fraction of sp³-hybridized carbons (Fsp3) is 0.0714. The molecular formula is C14H13FN2O2. The summed E-state index contributed by atoms with van der Waals surface area (Å²) in [5.41, 5.74) is 6.67. The second-order valence-electron chi connectivity index (χ2n) is 3.92. The fourth-order valence-corrected chi connectivity index (χ4v) is 1.48. The smallest absolute Gasteiger partial charge is 0.262 e. The standard InChI is InChI=1S/C14H13FN2O2/c15-10-4-6-12(7-5-10)17-14(18)9-19-13-3-1-2-11(16)8-13/h1-8H,9,16H2,(H,17,18). The summed E-state index contributed by atoms with van der Waals surface area (Å²) >= 11 is 0. The number of amides is 1. The van der Waals surface area contributed by atoms with Crippen LogP contribution in [0.3, 0.4) is 0 Å². The first kappa shape index (κ1) is 12.9. The van der Waals surface area contributed by atoms with Crippen LogP contribution in [0.2, 0.25) is 0 Å². The number of benzene rings is 2. The van der Waals surface area contributed by atoms with Crippen LogP contribution in [-0.4, -0.2) is 12.5 Å². The molecule has 0 heterocycles. The third-order valence-electron chi connectivity index (χ3n) is 2.36. The monoisotopic (exact) mass is 260 g/mol. The van der Waals surface area contributed by atoms with E-state index < -0.39 is 0 Å². The quantitative estimate of drug-likeness (QED) is 0.830. The van der Waals surface area contributed by atoms with E-state index in [4.69, 9.17) is 10.5 Å². The highest BCUT2D eigenvalue weighted by molar-refractivity contribution is 5.91. The van der Waals surface area contributed by atoms with E-state index in [0.29, 0.717) is 17.1 Å². The molecule has 5 heteroatoms. The van der Waals surface area contributed by atoms with Crippen molar-refractivity contribution in [3.63, 3.8) is 0 Å². The van der Waals surface area contributed by atoms with E-state index in [1.165, 1.54) is 24.3 Å². The van der Waals surface area contributed by atoms with Crippen molar-refractivity contribution in [3.05, 3.63) is 54.3 Å². The normalized spacial score (nSPS) is 9.95. The molecule has 0 saturated heterocycles. The molecule has 0 fully saturated rings. The lowest BCUT2D eigenvalue weighted by atomic mass is 10.3. The lowest BCUT2D eigenvalue weighted by molar-refractivity contribution is -0.118. The number of nitrogen functional groups attached to an aromatic ring is 1. The van der Waals surface area contributed by atoms with Crippen LogP contribution in [0.25, 0.3) is 0 Å². The van der Waals surface area contributed by atoms with Gasteiger partial charge in [-0.1, -0.05) is 6.07 Å². The average molecular weight is 260 g/mol. The van der Waals surface area contributed by atoms with Gasteiger partial charge in [0.05, 0.1) is 0 Å². The zero-order valence-corrected chi connectivity index (χ0v) is 10.1. The summed E-state index contributed by atoms with van der Waals surface area (Å²) in [4.78, 5) is 11.6. The van der Waals surface area contributed by atoms with Gasteiger partial charge < -0.3 is 15.8 Å². The molecule has 0 saturated carbocycles. The molecule has 0 aliphatic carbocycles. The summed E-state index contributed by atoms with van der Waals surface area (Å²) in [6.07, 6.45) is 0. The minimum absolute atomic E-state index is 0.138. The molecule has 2 aromatic carbocycles. The number of hydrogen-bond donors (Lipinski definition) is 2. The molecule has 19 heavy (non-hydrogen) atoms. The first-order valence-electron chi connectivity index (χ1n) is 5.67. The summed E-state index contributed by atoms with van der Waals surface area (Å²) in [5.74, 6) is -0.155. The number of carbonyl (C=O) groups excluding carboxylic acids is 1. The van der Waals surface area contributed by atoms with E-state index in [2.05, 4.69) is 5.32 Å². The molecule has 0 atom stereocenters. The summed E-state index contributed by atoms with van der Waals surface area (Å²) < 4.78 is 18.0.